The van der Waals surface area contributed by atoms with Gasteiger partial charge in [-0.3, -0.25) is 9.59 Å². The third kappa shape index (κ3) is 4.58. The molecule has 0 saturated heterocycles. The molecule has 0 radical (unpaired) electrons. The molecule has 0 unspecified atom stereocenters. The van der Waals surface area contributed by atoms with Crippen LogP contribution >= 0.6 is 0 Å². The molecule has 9 heteroatoms. The van der Waals surface area contributed by atoms with Crippen LogP contribution in [0.25, 0.3) is 0 Å². The largest absolute Gasteiger partial charge is 0.328 e. The first kappa shape index (κ1) is 20.4. The van der Waals surface area contributed by atoms with Gasteiger partial charge in [0.25, 0.3) is 11.5 Å². The molecule has 0 aliphatic rings. The summed E-state index contributed by atoms with van der Waals surface area (Å²) in [6.07, 6.45) is 1.39. The van der Waals surface area contributed by atoms with Crippen molar-refractivity contribution < 1.29 is 17.6 Å². The Hall–Kier alpha value is -3.30. The van der Waals surface area contributed by atoms with Crippen LogP contribution in [0.4, 0.5) is 10.1 Å². The van der Waals surface area contributed by atoms with Gasteiger partial charge in [-0.1, -0.05) is 18.2 Å². The number of hydrogen-bond donors (Lipinski definition) is 2. The summed E-state index contributed by atoms with van der Waals surface area (Å²) < 4.78 is 37.4. The van der Waals surface area contributed by atoms with E-state index in [9.17, 15) is 22.4 Å². The molecular weight excluding hydrogens is 397 g/mol. The average Bonchev–Trinajstić information content (AvgIpc) is 2.68. The lowest BCUT2D eigenvalue weighted by molar-refractivity contribution is 0.0982. The van der Waals surface area contributed by atoms with Crippen molar-refractivity contribution in [2.75, 3.05) is 4.90 Å². The Morgan fingerprint density at radius 3 is 2.45 bits per heavy atom. The monoisotopic (exact) mass is 415 g/mol. The van der Waals surface area contributed by atoms with Crippen molar-refractivity contribution in [3.05, 3.63) is 93.7 Å². The van der Waals surface area contributed by atoms with Gasteiger partial charge in [0, 0.05) is 6.20 Å². The molecule has 0 fully saturated rings. The number of hydrogen-bond acceptors (Lipinski definition) is 4. The van der Waals surface area contributed by atoms with E-state index in [4.69, 9.17) is 5.14 Å². The minimum Gasteiger partial charge on any atom is -0.328 e. The van der Waals surface area contributed by atoms with E-state index in [1.165, 1.54) is 54.7 Å². The number of nitrogens with one attached hydrogen (secondary N) is 1. The maximum atomic E-state index is 14.5. The van der Waals surface area contributed by atoms with E-state index in [1.807, 2.05) is 0 Å². The lowest BCUT2D eigenvalue weighted by Gasteiger charge is -2.24. The molecule has 7 nitrogen and oxygen atoms in total. The van der Waals surface area contributed by atoms with Crippen molar-refractivity contribution >= 4 is 21.6 Å². The van der Waals surface area contributed by atoms with E-state index in [1.54, 1.807) is 13.0 Å². The number of aromatic nitrogens is 1. The van der Waals surface area contributed by atoms with Crippen molar-refractivity contribution in [2.24, 2.45) is 5.14 Å². The molecular formula is C20H18FN3O4S. The van der Waals surface area contributed by atoms with Gasteiger partial charge in [0.1, 0.15) is 11.4 Å². The van der Waals surface area contributed by atoms with Gasteiger partial charge in [-0.25, -0.2) is 17.9 Å². The first-order valence-corrected chi connectivity index (χ1v) is 10.1. The summed E-state index contributed by atoms with van der Waals surface area (Å²) in [5, 5.41) is 5.10. The second kappa shape index (κ2) is 7.98. The molecule has 1 aromatic heterocycles. The highest BCUT2D eigenvalue weighted by Gasteiger charge is 2.23. The number of primary sulfonamides is 1. The van der Waals surface area contributed by atoms with E-state index < -0.39 is 27.3 Å². The number of nitrogens with zero attached hydrogens (tertiary/aromatic N) is 1. The molecule has 1 heterocycles. The zero-order valence-corrected chi connectivity index (χ0v) is 16.2. The van der Waals surface area contributed by atoms with Gasteiger partial charge in [-0.15, -0.1) is 0 Å². The Morgan fingerprint density at radius 2 is 1.83 bits per heavy atom. The van der Waals surface area contributed by atoms with Gasteiger partial charge in [0.05, 0.1) is 17.1 Å². The topological polar surface area (TPSA) is 113 Å². The fourth-order valence-electron chi connectivity index (χ4n) is 2.80. The predicted molar refractivity (Wildman–Crippen MR) is 107 cm³/mol. The van der Waals surface area contributed by atoms with Crippen molar-refractivity contribution in [3.63, 3.8) is 0 Å². The highest BCUT2D eigenvalue weighted by atomic mass is 32.2. The smallest absolute Gasteiger partial charge is 0.264 e. The van der Waals surface area contributed by atoms with Gasteiger partial charge in [0.2, 0.25) is 10.0 Å². The maximum Gasteiger partial charge on any atom is 0.264 e. The van der Waals surface area contributed by atoms with Crippen LogP contribution in [-0.4, -0.2) is 19.3 Å². The molecule has 0 bridgehead atoms. The van der Waals surface area contributed by atoms with Crippen LogP contribution in [0.1, 0.15) is 21.5 Å². The fraction of sp³-hybridized carbons (Fsp3) is 0.100. The number of amides is 1. The number of aryl methyl sites for hydroxylation is 1. The van der Waals surface area contributed by atoms with Crippen LogP contribution < -0.4 is 15.6 Å². The van der Waals surface area contributed by atoms with E-state index in [0.717, 1.165) is 10.5 Å². The van der Waals surface area contributed by atoms with Crippen molar-refractivity contribution in [1.29, 1.82) is 0 Å². The number of pyridine rings is 1. The number of carbonyl (C=O) groups excluding carboxylic acids is 1. The van der Waals surface area contributed by atoms with Gasteiger partial charge in [-0.2, -0.15) is 0 Å². The summed E-state index contributed by atoms with van der Waals surface area (Å²) in [5.41, 5.74) is 0.522. The molecule has 1 amide bonds. The molecule has 0 atom stereocenters. The number of carbonyl (C=O) groups is 1. The second-order valence-corrected chi connectivity index (χ2v) is 8.01. The minimum atomic E-state index is -3.86. The maximum absolute atomic E-state index is 14.5. The van der Waals surface area contributed by atoms with Gasteiger partial charge in [-0.05, 0) is 54.4 Å². The number of sulfonamides is 1. The molecule has 3 N–H and O–H groups in total. The summed E-state index contributed by atoms with van der Waals surface area (Å²) in [7, 11) is -3.86. The van der Waals surface area contributed by atoms with Crippen LogP contribution in [0.2, 0.25) is 0 Å². The van der Waals surface area contributed by atoms with E-state index in [0.29, 0.717) is 5.56 Å². The molecule has 150 valence electrons. The van der Waals surface area contributed by atoms with Crippen molar-refractivity contribution in [2.45, 2.75) is 18.4 Å². The lowest BCUT2D eigenvalue weighted by Crippen LogP contribution is -2.35. The van der Waals surface area contributed by atoms with Gasteiger partial charge < -0.3 is 9.88 Å². The summed E-state index contributed by atoms with van der Waals surface area (Å²) in [6, 6.07) is 12.7. The lowest BCUT2D eigenvalue weighted by atomic mass is 10.1. The third-order valence-corrected chi connectivity index (χ3v) is 5.21. The standard InChI is InChI=1S/C20H18FN3O4S/c1-13-4-9-17(21)18(11-13)24(20(26)16-3-2-10-23-19(16)25)12-14-5-7-15(8-6-14)29(22,27)28/h2-11H,12H2,1H3,(H,23,25)(H2,22,27,28). The van der Waals surface area contributed by atoms with E-state index in [2.05, 4.69) is 4.98 Å². The Bertz CT molecular complexity index is 1220. The quantitative estimate of drug-likeness (QED) is 0.666. The Morgan fingerprint density at radius 1 is 1.14 bits per heavy atom. The minimum absolute atomic E-state index is 0.00813. The highest BCUT2D eigenvalue weighted by Crippen LogP contribution is 2.25. The van der Waals surface area contributed by atoms with Crippen LogP contribution in [0.5, 0.6) is 0 Å². The molecule has 3 rings (SSSR count). The summed E-state index contributed by atoms with van der Waals surface area (Å²) in [4.78, 5) is 28.6. The Kier molecular flexibility index (Phi) is 5.62. The molecule has 3 aromatic rings. The van der Waals surface area contributed by atoms with Crippen LogP contribution in [0.15, 0.2) is 70.5 Å². The Labute approximate surface area is 166 Å². The number of nitrogens with two attached hydrogens (primary N) is 1. The first-order chi connectivity index (χ1) is 13.7. The number of rotatable bonds is 5. The SMILES string of the molecule is Cc1ccc(F)c(N(Cc2ccc(S(N)(=O)=O)cc2)C(=O)c2ccc[nH]c2=O)c1. The molecule has 2 aromatic carbocycles. The average molecular weight is 415 g/mol. The third-order valence-electron chi connectivity index (χ3n) is 4.28. The van der Waals surface area contributed by atoms with Gasteiger partial charge >= 0.3 is 0 Å². The summed E-state index contributed by atoms with van der Waals surface area (Å²) in [5.74, 6) is -1.32. The summed E-state index contributed by atoms with van der Waals surface area (Å²) >= 11 is 0. The van der Waals surface area contributed by atoms with Crippen LogP contribution in [0, 0.1) is 12.7 Å². The highest BCUT2D eigenvalue weighted by molar-refractivity contribution is 7.89. The van der Waals surface area contributed by atoms with Crippen molar-refractivity contribution in [1.82, 2.24) is 4.98 Å². The number of anilines is 1. The molecule has 29 heavy (non-hydrogen) atoms. The molecule has 0 spiro atoms. The molecule has 0 aliphatic carbocycles. The van der Waals surface area contributed by atoms with Crippen LogP contribution in [-0.2, 0) is 16.6 Å². The molecule has 0 aliphatic heterocycles. The van der Waals surface area contributed by atoms with Crippen LogP contribution in [0.3, 0.4) is 0 Å². The van der Waals surface area contributed by atoms with E-state index >= 15 is 0 Å². The first-order valence-electron chi connectivity index (χ1n) is 8.54. The normalized spacial score (nSPS) is 11.3. The number of halogens is 1. The number of H-pyrrole nitrogens is 1. The van der Waals surface area contributed by atoms with E-state index in [-0.39, 0.29) is 22.7 Å². The fourth-order valence-corrected chi connectivity index (χ4v) is 3.31. The predicted octanol–water partition coefficient (Wildman–Crippen LogP) is 2.32. The van der Waals surface area contributed by atoms with Crippen molar-refractivity contribution in [3.8, 4) is 0 Å². The number of benzene rings is 2. The second-order valence-electron chi connectivity index (χ2n) is 6.45. The van der Waals surface area contributed by atoms with Gasteiger partial charge in [0.15, 0.2) is 0 Å². The zero-order chi connectivity index (χ0) is 21.2. The zero-order valence-electron chi connectivity index (χ0n) is 15.4. The Balaban J connectivity index is 2.06. The number of aromatic amines is 1. The molecule has 0 saturated carbocycles. The summed E-state index contributed by atoms with van der Waals surface area (Å²) in [6.45, 7) is 1.67.